The van der Waals surface area contributed by atoms with Gasteiger partial charge in [0.05, 0.1) is 16.4 Å². The molecule has 0 aliphatic carbocycles. The summed E-state index contributed by atoms with van der Waals surface area (Å²) in [4.78, 5) is 4.47. The molecule has 0 radical (unpaired) electrons. The van der Waals surface area contributed by atoms with Crippen LogP contribution in [0.1, 0.15) is 30.0 Å². The monoisotopic (exact) mass is 294 g/mol. The van der Waals surface area contributed by atoms with Crippen LogP contribution in [0.2, 0.25) is 0 Å². The number of halogens is 1. The SMILES string of the molecule is CCc1cccnc1C(NC)c1occc1Br. The highest BCUT2D eigenvalue weighted by Gasteiger charge is 2.21. The summed E-state index contributed by atoms with van der Waals surface area (Å²) in [7, 11) is 1.91. The second kappa shape index (κ2) is 5.47. The van der Waals surface area contributed by atoms with Crippen LogP contribution in [0.4, 0.5) is 0 Å². The van der Waals surface area contributed by atoms with Gasteiger partial charge in [0.1, 0.15) is 11.8 Å². The van der Waals surface area contributed by atoms with Crippen LogP contribution in [0.15, 0.2) is 39.5 Å². The number of aryl methyl sites for hydroxylation is 1. The minimum absolute atomic E-state index is 0.0180. The number of nitrogens with zero attached hydrogens (tertiary/aromatic N) is 1. The predicted molar refractivity (Wildman–Crippen MR) is 70.9 cm³/mol. The molecule has 0 amide bonds. The first-order chi connectivity index (χ1) is 8.27. The highest BCUT2D eigenvalue weighted by atomic mass is 79.9. The molecule has 1 N–H and O–H groups in total. The Kier molecular flexibility index (Phi) is 3.97. The average Bonchev–Trinajstić information content (AvgIpc) is 2.78. The lowest BCUT2D eigenvalue weighted by Gasteiger charge is -2.16. The van der Waals surface area contributed by atoms with Gasteiger partial charge in [0.2, 0.25) is 0 Å². The predicted octanol–water partition coefficient (Wildman–Crippen LogP) is 3.31. The van der Waals surface area contributed by atoms with Gasteiger partial charge in [0, 0.05) is 6.20 Å². The summed E-state index contributed by atoms with van der Waals surface area (Å²) >= 11 is 3.49. The number of hydrogen-bond acceptors (Lipinski definition) is 3. The maximum atomic E-state index is 5.52. The second-order valence-corrected chi connectivity index (χ2v) is 4.61. The number of pyridine rings is 1. The van der Waals surface area contributed by atoms with E-state index in [2.05, 4.69) is 39.2 Å². The molecule has 0 saturated heterocycles. The van der Waals surface area contributed by atoms with Crippen LogP contribution >= 0.6 is 15.9 Å². The molecule has 0 fully saturated rings. The molecule has 3 nitrogen and oxygen atoms in total. The molecule has 1 atom stereocenters. The fourth-order valence-electron chi connectivity index (χ4n) is 1.91. The van der Waals surface area contributed by atoms with Crippen LogP contribution in [0, 0.1) is 0 Å². The lowest BCUT2D eigenvalue weighted by atomic mass is 10.0. The molecular formula is C13H15BrN2O. The molecule has 2 rings (SSSR count). The summed E-state index contributed by atoms with van der Waals surface area (Å²) in [6.07, 6.45) is 4.45. The van der Waals surface area contributed by atoms with E-state index in [9.17, 15) is 0 Å². The summed E-state index contributed by atoms with van der Waals surface area (Å²) < 4.78 is 6.48. The van der Waals surface area contributed by atoms with Gasteiger partial charge in [-0.25, -0.2) is 0 Å². The van der Waals surface area contributed by atoms with Gasteiger partial charge in [-0.05, 0) is 47.1 Å². The number of nitrogens with one attached hydrogen (secondary N) is 1. The molecule has 0 bridgehead atoms. The van der Waals surface area contributed by atoms with Crippen LogP contribution in [0.3, 0.4) is 0 Å². The number of aromatic nitrogens is 1. The number of hydrogen-bond donors (Lipinski definition) is 1. The molecule has 0 aliphatic rings. The Labute approximate surface area is 109 Å². The summed E-state index contributed by atoms with van der Waals surface area (Å²) in [5, 5.41) is 3.25. The Morgan fingerprint density at radius 3 is 2.88 bits per heavy atom. The standard InChI is InChI=1S/C13H15BrN2O/c1-3-9-5-4-7-16-11(9)12(15-2)13-10(14)6-8-17-13/h4-8,12,15H,3H2,1-2H3. The summed E-state index contributed by atoms with van der Waals surface area (Å²) in [6, 6.07) is 5.94. The smallest absolute Gasteiger partial charge is 0.140 e. The van der Waals surface area contributed by atoms with Crippen molar-refractivity contribution in [3.63, 3.8) is 0 Å². The molecule has 1 unspecified atom stereocenters. The van der Waals surface area contributed by atoms with Crippen molar-refractivity contribution in [3.05, 3.63) is 52.1 Å². The van der Waals surface area contributed by atoms with Crippen molar-refractivity contribution in [2.75, 3.05) is 7.05 Å². The lowest BCUT2D eigenvalue weighted by molar-refractivity contribution is 0.455. The first-order valence-electron chi connectivity index (χ1n) is 5.61. The van der Waals surface area contributed by atoms with Crippen LogP contribution in [0.25, 0.3) is 0 Å². The largest absolute Gasteiger partial charge is 0.466 e. The lowest BCUT2D eigenvalue weighted by Crippen LogP contribution is -2.20. The third-order valence-corrected chi connectivity index (χ3v) is 3.43. The molecule has 0 spiro atoms. The molecule has 2 aromatic heterocycles. The molecule has 2 aromatic rings. The van der Waals surface area contributed by atoms with Crippen molar-refractivity contribution in [3.8, 4) is 0 Å². The fourth-order valence-corrected chi connectivity index (χ4v) is 2.34. The van der Waals surface area contributed by atoms with Crippen molar-refractivity contribution in [1.29, 1.82) is 0 Å². The quantitative estimate of drug-likeness (QED) is 0.940. The second-order valence-electron chi connectivity index (χ2n) is 3.76. The number of furan rings is 1. The highest BCUT2D eigenvalue weighted by molar-refractivity contribution is 9.10. The summed E-state index contributed by atoms with van der Waals surface area (Å²) in [5.41, 5.74) is 2.25. The average molecular weight is 295 g/mol. The van der Waals surface area contributed by atoms with Crippen LogP contribution in [-0.2, 0) is 6.42 Å². The first-order valence-corrected chi connectivity index (χ1v) is 6.41. The Morgan fingerprint density at radius 1 is 1.47 bits per heavy atom. The van der Waals surface area contributed by atoms with E-state index < -0.39 is 0 Å². The summed E-state index contributed by atoms with van der Waals surface area (Å²) in [6.45, 7) is 2.13. The molecular weight excluding hydrogens is 280 g/mol. The van der Waals surface area contributed by atoms with Gasteiger partial charge in [-0.15, -0.1) is 0 Å². The van der Waals surface area contributed by atoms with E-state index in [1.807, 2.05) is 25.4 Å². The first kappa shape index (κ1) is 12.3. The van der Waals surface area contributed by atoms with Gasteiger partial charge in [0.25, 0.3) is 0 Å². The molecule has 0 saturated carbocycles. The summed E-state index contributed by atoms with van der Waals surface area (Å²) in [5.74, 6) is 0.862. The van der Waals surface area contributed by atoms with Crippen LogP contribution < -0.4 is 5.32 Å². The van der Waals surface area contributed by atoms with Gasteiger partial charge < -0.3 is 9.73 Å². The molecule has 0 aromatic carbocycles. The van der Waals surface area contributed by atoms with Crippen molar-refractivity contribution in [1.82, 2.24) is 10.3 Å². The van der Waals surface area contributed by atoms with Crippen molar-refractivity contribution in [2.45, 2.75) is 19.4 Å². The molecule has 17 heavy (non-hydrogen) atoms. The van der Waals surface area contributed by atoms with Gasteiger partial charge in [-0.2, -0.15) is 0 Å². The van der Waals surface area contributed by atoms with Crippen molar-refractivity contribution >= 4 is 15.9 Å². The maximum Gasteiger partial charge on any atom is 0.140 e. The van der Waals surface area contributed by atoms with Crippen LogP contribution in [0.5, 0.6) is 0 Å². The minimum Gasteiger partial charge on any atom is -0.466 e. The van der Waals surface area contributed by atoms with E-state index in [0.29, 0.717) is 0 Å². The normalized spacial score (nSPS) is 12.6. The Hall–Kier alpha value is -1.13. The van der Waals surface area contributed by atoms with Gasteiger partial charge in [0.15, 0.2) is 0 Å². The third kappa shape index (κ3) is 2.42. The maximum absolute atomic E-state index is 5.52. The Bertz CT molecular complexity index is 496. The van der Waals surface area contributed by atoms with Gasteiger partial charge in [-0.1, -0.05) is 13.0 Å². The topological polar surface area (TPSA) is 38.1 Å². The van der Waals surface area contributed by atoms with E-state index in [4.69, 9.17) is 4.42 Å². The third-order valence-electron chi connectivity index (χ3n) is 2.78. The number of rotatable bonds is 4. The van der Waals surface area contributed by atoms with Gasteiger partial charge in [-0.3, -0.25) is 4.98 Å². The zero-order chi connectivity index (χ0) is 12.3. The minimum atomic E-state index is -0.0180. The Morgan fingerprint density at radius 2 is 2.29 bits per heavy atom. The fraction of sp³-hybridized carbons (Fsp3) is 0.308. The Balaban J connectivity index is 2.46. The van der Waals surface area contributed by atoms with E-state index in [1.165, 1.54) is 5.56 Å². The molecule has 2 heterocycles. The van der Waals surface area contributed by atoms with E-state index in [0.717, 1.165) is 22.3 Å². The zero-order valence-corrected chi connectivity index (χ0v) is 11.5. The zero-order valence-electron chi connectivity index (χ0n) is 9.90. The van der Waals surface area contributed by atoms with Crippen molar-refractivity contribution in [2.24, 2.45) is 0 Å². The molecule has 0 aliphatic heterocycles. The van der Waals surface area contributed by atoms with E-state index in [1.54, 1.807) is 6.26 Å². The molecule has 90 valence electrons. The van der Waals surface area contributed by atoms with Crippen LogP contribution in [-0.4, -0.2) is 12.0 Å². The van der Waals surface area contributed by atoms with E-state index in [-0.39, 0.29) is 6.04 Å². The molecule has 4 heteroatoms. The highest BCUT2D eigenvalue weighted by Crippen LogP contribution is 2.29. The van der Waals surface area contributed by atoms with E-state index >= 15 is 0 Å². The van der Waals surface area contributed by atoms with Crippen molar-refractivity contribution < 1.29 is 4.42 Å². The van der Waals surface area contributed by atoms with Gasteiger partial charge >= 0.3 is 0 Å².